The lowest BCUT2D eigenvalue weighted by Gasteiger charge is -2.04. The fourth-order valence-electron chi connectivity index (χ4n) is 1.11. The Hall–Kier alpha value is -1.73. The lowest BCUT2D eigenvalue weighted by molar-refractivity contribution is 0.958. The Labute approximate surface area is 96.7 Å². The summed E-state index contributed by atoms with van der Waals surface area (Å²) in [6.45, 7) is 1.81. The van der Waals surface area contributed by atoms with Crippen molar-refractivity contribution in [1.29, 1.82) is 0 Å². The first kappa shape index (κ1) is 10.8. The van der Waals surface area contributed by atoms with Crippen LogP contribution in [0.15, 0.2) is 34.7 Å². The molecule has 0 saturated carbocycles. The summed E-state index contributed by atoms with van der Waals surface area (Å²) >= 11 is 1.43. The second-order valence-electron chi connectivity index (χ2n) is 2.93. The number of aromatic nitrogens is 4. The molecular formula is C9H10N6S. The highest BCUT2D eigenvalue weighted by molar-refractivity contribution is 7.99. The molecule has 0 bridgehead atoms. The summed E-state index contributed by atoms with van der Waals surface area (Å²) in [5.74, 6) is 6.55. The van der Waals surface area contributed by atoms with Crippen LogP contribution >= 0.6 is 11.8 Å². The number of hydrogen-bond acceptors (Lipinski definition) is 7. The quantitative estimate of drug-likeness (QED) is 0.465. The van der Waals surface area contributed by atoms with Crippen molar-refractivity contribution < 1.29 is 0 Å². The first-order valence-electron chi connectivity index (χ1n) is 4.54. The van der Waals surface area contributed by atoms with E-state index in [4.69, 9.17) is 5.84 Å². The minimum Gasteiger partial charge on any atom is -0.308 e. The number of nitrogens with one attached hydrogen (secondary N) is 1. The van der Waals surface area contributed by atoms with Gasteiger partial charge in [0.2, 0.25) is 0 Å². The molecular weight excluding hydrogens is 224 g/mol. The fourth-order valence-corrected chi connectivity index (χ4v) is 1.90. The third-order valence-corrected chi connectivity index (χ3v) is 2.60. The predicted molar refractivity (Wildman–Crippen MR) is 60.7 cm³/mol. The number of nitrogens with zero attached hydrogens (tertiary/aromatic N) is 4. The van der Waals surface area contributed by atoms with Crippen LogP contribution in [0.2, 0.25) is 0 Å². The zero-order valence-corrected chi connectivity index (χ0v) is 9.40. The van der Waals surface area contributed by atoms with Gasteiger partial charge in [-0.25, -0.2) is 25.8 Å². The molecule has 2 aromatic rings. The summed E-state index contributed by atoms with van der Waals surface area (Å²) in [7, 11) is 0. The zero-order valence-electron chi connectivity index (χ0n) is 8.58. The van der Waals surface area contributed by atoms with Gasteiger partial charge in [-0.3, -0.25) is 0 Å². The standard InChI is InChI=1S/C9H10N6S/c1-6-13-7(15-10)4-9(14-6)16-8-2-3-11-5-12-8/h2-5H,10H2,1H3,(H,13,14,15). The summed E-state index contributed by atoms with van der Waals surface area (Å²) in [5.41, 5.74) is 2.50. The molecule has 0 fully saturated rings. The van der Waals surface area contributed by atoms with Gasteiger partial charge in [-0.15, -0.1) is 0 Å². The summed E-state index contributed by atoms with van der Waals surface area (Å²) < 4.78 is 0. The molecule has 3 N–H and O–H groups in total. The van der Waals surface area contributed by atoms with Crippen LogP contribution in [0, 0.1) is 6.92 Å². The van der Waals surface area contributed by atoms with Gasteiger partial charge in [0, 0.05) is 12.3 Å². The Kier molecular flexibility index (Phi) is 3.28. The number of anilines is 1. The molecule has 0 saturated heterocycles. The average Bonchev–Trinajstić information content (AvgIpc) is 2.29. The van der Waals surface area contributed by atoms with Crippen LogP contribution in [0.3, 0.4) is 0 Å². The van der Waals surface area contributed by atoms with E-state index in [0.717, 1.165) is 10.1 Å². The number of aryl methyl sites for hydroxylation is 1. The van der Waals surface area contributed by atoms with Crippen LogP contribution in [-0.4, -0.2) is 19.9 Å². The molecule has 2 heterocycles. The average molecular weight is 234 g/mol. The van der Waals surface area contributed by atoms with Crippen molar-refractivity contribution in [1.82, 2.24) is 19.9 Å². The minimum atomic E-state index is 0.587. The zero-order chi connectivity index (χ0) is 11.4. The maximum atomic E-state index is 5.31. The summed E-state index contributed by atoms with van der Waals surface area (Å²) in [4.78, 5) is 16.3. The molecule has 0 amide bonds. The smallest absolute Gasteiger partial charge is 0.144 e. The van der Waals surface area contributed by atoms with E-state index in [1.165, 1.54) is 18.1 Å². The molecule has 6 nitrogen and oxygen atoms in total. The van der Waals surface area contributed by atoms with Crippen molar-refractivity contribution >= 4 is 17.6 Å². The van der Waals surface area contributed by atoms with Crippen molar-refractivity contribution in [2.45, 2.75) is 17.0 Å². The number of nitrogens with two attached hydrogens (primary N) is 1. The molecule has 0 radical (unpaired) electrons. The molecule has 0 aliphatic heterocycles. The van der Waals surface area contributed by atoms with Gasteiger partial charge in [0.1, 0.15) is 28.0 Å². The van der Waals surface area contributed by atoms with E-state index in [1.807, 2.05) is 13.0 Å². The highest BCUT2D eigenvalue weighted by Crippen LogP contribution is 2.24. The lowest BCUT2D eigenvalue weighted by Crippen LogP contribution is -2.09. The molecule has 0 atom stereocenters. The summed E-state index contributed by atoms with van der Waals surface area (Å²) in [5, 5.41) is 1.62. The highest BCUT2D eigenvalue weighted by atomic mass is 32.2. The first-order valence-corrected chi connectivity index (χ1v) is 5.36. The normalized spacial score (nSPS) is 10.1. The topological polar surface area (TPSA) is 89.6 Å². The van der Waals surface area contributed by atoms with Crippen LogP contribution < -0.4 is 11.3 Å². The SMILES string of the molecule is Cc1nc(NN)cc(Sc2ccncn2)n1. The Morgan fingerprint density at radius 1 is 1.31 bits per heavy atom. The molecule has 2 rings (SSSR count). The molecule has 0 aliphatic carbocycles. The van der Waals surface area contributed by atoms with Gasteiger partial charge in [-0.1, -0.05) is 0 Å². The van der Waals surface area contributed by atoms with Gasteiger partial charge in [0.15, 0.2) is 0 Å². The molecule has 82 valence electrons. The van der Waals surface area contributed by atoms with Crippen molar-refractivity contribution in [2.75, 3.05) is 5.43 Å². The van der Waals surface area contributed by atoms with Gasteiger partial charge in [-0.05, 0) is 24.8 Å². The maximum Gasteiger partial charge on any atom is 0.144 e. The van der Waals surface area contributed by atoms with Crippen molar-refractivity contribution in [2.24, 2.45) is 5.84 Å². The summed E-state index contributed by atoms with van der Waals surface area (Å²) in [6.07, 6.45) is 3.18. The number of nitrogen functional groups attached to an aromatic ring is 1. The molecule has 2 aromatic heterocycles. The highest BCUT2D eigenvalue weighted by Gasteiger charge is 2.03. The number of hydrogen-bond donors (Lipinski definition) is 2. The Bertz CT molecular complexity index is 475. The minimum absolute atomic E-state index is 0.587. The van der Waals surface area contributed by atoms with Crippen molar-refractivity contribution in [3.8, 4) is 0 Å². The second-order valence-corrected chi connectivity index (χ2v) is 3.97. The molecule has 0 unspecified atom stereocenters. The third kappa shape index (κ3) is 2.65. The Morgan fingerprint density at radius 2 is 2.19 bits per heavy atom. The lowest BCUT2D eigenvalue weighted by atomic mass is 10.5. The van der Waals surface area contributed by atoms with Crippen LogP contribution in [0.25, 0.3) is 0 Å². The Morgan fingerprint density at radius 3 is 2.88 bits per heavy atom. The maximum absolute atomic E-state index is 5.31. The van der Waals surface area contributed by atoms with Crippen LogP contribution in [0.1, 0.15) is 5.82 Å². The van der Waals surface area contributed by atoms with E-state index in [2.05, 4.69) is 25.4 Å². The van der Waals surface area contributed by atoms with Crippen molar-refractivity contribution in [3.05, 3.63) is 30.5 Å². The van der Waals surface area contributed by atoms with Gasteiger partial charge in [-0.2, -0.15) is 0 Å². The molecule has 16 heavy (non-hydrogen) atoms. The van der Waals surface area contributed by atoms with Crippen molar-refractivity contribution in [3.63, 3.8) is 0 Å². The molecule has 0 aromatic carbocycles. The molecule has 7 heteroatoms. The van der Waals surface area contributed by atoms with Gasteiger partial charge >= 0.3 is 0 Å². The Balaban J connectivity index is 2.24. The fraction of sp³-hybridized carbons (Fsp3) is 0.111. The van der Waals surface area contributed by atoms with E-state index in [1.54, 1.807) is 12.3 Å². The van der Waals surface area contributed by atoms with Crippen LogP contribution in [0.5, 0.6) is 0 Å². The predicted octanol–water partition coefficient (Wildman–Crippen LogP) is 1.01. The van der Waals surface area contributed by atoms with E-state index in [0.29, 0.717) is 11.6 Å². The van der Waals surface area contributed by atoms with Gasteiger partial charge in [0.25, 0.3) is 0 Å². The van der Waals surface area contributed by atoms with Crippen LogP contribution in [0.4, 0.5) is 5.82 Å². The molecule has 0 aliphatic rings. The van der Waals surface area contributed by atoms with E-state index < -0.39 is 0 Å². The first-order chi connectivity index (χ1) is 7.78. The van der Waals surface area contributed by atoms with Gasteiger partial charge < -0.3 is 5.43 Å². The number of rotatable bonds is 3. The summed E-state index contributed by atoms with van der Waals surface area (Å²) in [6, 6.07) is 3.58. The third-order valence-electron chi connectivity index (χ3n) is 1.73. The number of hydrazine groups is 1. The van der Waals surface area contributed by atoms with E-state index in [-0.39, 0.29) is 0 Å². The van der Waals surface area contributed by atoms with Gasteiger partial charge in [0.05, 0.1) is 0 Å². The van der Waals surface area contributed by atoms with E-state index in [9.17, 15) is 0 Å². The van der Waals surface area contributed by atoms with Crippen LogP contribution in [-0.2, 0) is 0 Å². The second kappa shape index (κ2) is 4.86. The largest absolute Gasteiger partial charge is 0.308 e. The van der Waals surface area contributed by atoms with E-state index >= 15 is 0 Å². The monoisotopic (exact) mass is 234 g/mol. The molecule has 0 spiro atoms.